The van der Waals surface area contributed by atoms with Gasteiger partial charge in [-0.15, -0.1) is 0 Å². The second-order valence-corrected chi connectivity index (χ2v) is 5.45. The number of carbonyl (C=O) groups is 1. The van der Waals surface area contributed by atoms with E-state index in [0.717, 1.165) is 30.5 Å². The van der Waals surface area contributed by atoms with Gasteiger partial charge in [-0.2, -0.15) is 0 Å². The minimum atomic E-state index is -0.573. The van der Waals surface area contributed by atoms with Crippen LogP contribution in [0.15, 0.2) is 48.7 Å². The maximum absolute atomic E-state index is 13.4. The summed E-state index contributed by atoms with van der Waals surface area (Å²) in [5.41, 5.74) is 1.02. The van der Waals surface area contributed by atoms with Gasteiger partial charge < -0.3 is 5.32 Å². The third kappa shape index (κ3) is 2.66. The van der Waals surface area contributed by atoms with Gasteiger partial charge in [0.05, 0.1) is 17.7 Å². The van der Waals surface area contributed by atoms with Crippen molar-refractivity contribution in [2.75, 3.05) is 0 Å². The molecule has 108 valence electrons. The third-order valence-corrected chi connectivity index (χ3v) is 4.18. The van der Waals surface area contributed by atoms with Crippen molar-refractivity contribution in [3.05, 3.63) is 65.7 Å². The van der Waals surface area contributed by atoms with Crippen LogP contribution in [-0.2, 0) is 16.8 Å². The monoisotopic (exact) mass is 284 g/mol. The van der Waals surface area contributed by atoms with Gasteiger partial charge in [0, 0.05) is 6.20 Å². The molecule has 0 atom stereocenters. The fraction of sp³-hybridized carbons (Fsp3) is 0.294. The fourth-order valence-corrected chi connectivity index (χ4v) is 2.81. The summed E-state index contributed by atoms with van der Waals surface area (Å²) in [7, 11) is 0. The minimum absolute atomic E-state index is 0.0370. The van der Waals surface area contributed by atoms with E-state index in [-0.39, 0.29) is 11.7 Å². The number of hydrogen-bond donors (Lipinski definition) is 1. The molecule has 21 heavy (non-hydrogen) atoms. The van der Waals surface area contributed by atoms with Crippen molar-refractivity contribution >= 4 is 5.91 Å². The molecule has 1 saturated carbocycles. The van der Waals surface area contributed by atoms with Gasteiger partial charge >= 0.3 is 0 Å². The molecular weight excluding hydrogens is 267 g/mol. The Bertz CT molecular complexity index is 638. The Balaban J connectivity index is 1.75. The lowest BCUT2D eigenvalue weighted by Gasteiger charge is -2.40. The zero-order valence-corrected chi connectivity index (χ0v) is 11.7. The molecule has 2 aromatic rings. The van der Waals surface area contributed by atoms with Crippen LogP contribution in [0.3, 0.4) is 0 Å². The van der Waals surface area contributed by atoms with Crippen molar-refractivity contribution in [2.24, 2.45) is 0 Å². The maximum Gasteiger partial charge on any atom is 0.230 e. The first-order valence-corrected chi connectivity index (χ1v) is 7.15. The molecule has 4 heteroatoms. The number of carbonyl (C=O) groups excluding carboxylic acids is 1. The van der Waals surface area contributed by atoms with Gasteiger partial charge in [-0.3, -0.25) is 9.78 Å². The summed E-state index contributed by atoms with van der Waals surface area (Å²) < 4.78 is 13.4. The lowest BCUT2D eigenvalue weighted by atomic mass is 9.64. The molecule has 0 bridgehead atoms. The van der Waals surface area contributed by atoms with Crippen LogP contribution in [0.25, 0.3) is 0 Å². The van der Waals surface area contributed by atoms with Crippen LogP contribution in [0.2, 0.25) is 0 Å². The molecule has 0 spiro atoms. The number of halogens is 1. The van der Waals surface area contributed by atoms with E-state index < -0.39 is 5.41 Å². The van der Waals surface area contributed by atoms with Gasteiger partial charge in [0.15, 0.2) is 0 Å². The highest BCUT2D eigenvalue weighted by Crippen LogP contribution is 2.44. The Morgan fingerprint density at radius 2 is 2.10 bits per heavy atom. The lowest BCUT2D eigenvalue weighted by molar-refractivity contribution is -0.130. The van der Waals surface area contributed by atoms with Crippen molar-refractivity contribution in [1.29, 1.82) is 0 Å². The van der Waals surface area contributed by atoms with Crippen LogP contribution in [0.5, 0.6) is 0 Å². The van der Waals surface area contributed by atoms with E-state index in [1.54, 1.807) is 12.3 Å². The number of pyridine rings is 1. The predicted molar refractivity (Wildman–Crippen MR) is 78.0 cm³/mol. The van der Waals surface area contributed by atoms with Crippen LogP contribution in [0.4, 0.5) is 4.39 Å². The highest BCUT2D eigenvalue weighted by molar-refractivity contribution is 5.89. The molecule has 1 aromatic heterocycles. The van der Waals surface area contributed by atoms with Crippen LogP contribution < -0.4 is 5.32 Å². The van der Waals surface area contributed by atoms with E-state index >= 15 is 0 Å². The molecule has 3 rings (SSSR count). The molecule has 1 aliphatic carbocycles. The summed E-state index contributed by atoms with van der Waals surface area (Å²) in [6, 6.07) is 12.0. The first-order chi connectivity index (χ1) is 10.2. The summed E-state index contributed by atoms with van der Waals surface area (Å²) in [6.07, 6.45) is 4.23. The molecule has 1 aromatic carbocycles. The number of nitrogens with zero attached hydrogens (tertiary/aromatic N) is 1. The van der Waals surface area contributed by atoms with Gasteiger partial charge in [0.1, 0.15) is 5.82 Å². The Kier molecular flexibility index (Phi) is 3.69. The topological polar surface area (TPSA) is 42.0 Å². The van der Waals surface area contributed by atoms with Gasteiger partial charge in [0.2, 0.25) is 5.91 Å². The third-order valence-electron chi connectivity index (χ3n) is 4.18. The first kappa shape index (κ1) is 13.7. The average Bonchev–Trinajstić information content (AvgIpc) is 2.45. The van der Waals surface area contributed by atoms with Crippen molar-refractivity contribution in [2.45, 2.75) is 31.2 Å². The maximum atomic E-state index is 13.4. The van der Waals surface area contributed by atoms with Crippen molar-refractivity contribution < 1.29 is 9.18 Å². The predicted octanol–water partition coefficient (Wildman–Crippen LogP) is 2.96. The minimum Gasteiger partial charge on any atom is -0.350 e. The molecule has 3 nitrogen and oxygen atoms in total. The van der Waals surface area contributed by atoms with Crippen molar-refractivity contribution in [3.8, 4) is 0 Å². The van der Waals surface area contributed by atoms with Crippen LogP contribution in [0, 0.1) is 5.82 Å². The zero-order chi connectivity index (χ0) is 14.7. The van der Waals surface area contributed by atoms with E-state index in [9.17, 15) is 9.18 Å². The summed E-state index contributed by atoms with van der Waals surface area (Å²) in [4.78, 5) is 16.8. The Hall–Kier alpha value is -2.23. The number of rotatable bonds is 4. The average molecular weight is 284 g/mol. The highest BCUT2D eigenvalue weighted by Gasteiger charge is 2.45. The number of amides is 1. The Morgan fingerprint density at radius 3 is 2.71 bits per heavy atom. The quantitative estimate of drug-likeness (QED) is 0.938. The van der Waals surface area contributed by atoms with Gasteiger partial charge in [-0.05, 0) is 42.7 Å². The number of benzene rings is 1. The molecule has 1 fully saturated rings. The van der Waals surface area contributed by atoms with Crippen LogP contribution >= 0.6 is 0 Å². The molecule has 0 aliphatic heterocycles. The van der Waals surface area contributed by atoms with Crippen molar-refractivity contribution in [3.63, 3.8) is 0 Å². The molecule has 1 amide bonds. The molecule has 1 N–H and O–H groups in total. The summed E-state index contributed by atoms with van der Waals surface area (Å²) in [5.74, 6) is -0.332. The number of aromatic nitrogens is 1. The second kappa shape index (κ2) is 5.64. The van der Waals surface area contributed by atoms with E-state index in [4.69, 9.17) is 0 Å². The lowest BCUT2D eigenvalue weighted by Crippen LogP contribution is -2.49. The Labute approximate surface area is 123 Å². The number of hydrogen-bond acceptors (Lipinski definition) is 2. The Morgan fingerprint density at radius 1 is 1.24 bits per heavy atom. The smallest absolute Gasteiger partial charge is 0.230 e. The number of nitrogens with one attached hydrogen (secondary N) is 1. The zero-order valence-electron chi connectivity index (χ0n) is 11.7. The summed E-state index contributed by atoms with van der Waals surface area (Å²) >= 11 is 0. The van der Waals surface area contributed by atoms with E-state index in [0.29, 0.717) is 6.54 Å². The van der Waals surface area contributed by atoms with E-state index in [1.807, 2.05) is 24.3 Å². The molecule has 0 saturated heterocycles. The van der Waals surface area contributed by atoms with Crippen LogP contribution in [0.1, 0.15) is 30.5 Å². The van der Waals surface area contributed by atoms with E-state index in [2.05, 4.69) is 10.3 Å². The molecule has 1 heterocycles. The first-order valence-electron chi connectivity index (χ1n) is 7.15. The summed E-state index contributed by atoms with van der Waals surface area (Å²) in [6.45, 7) is 0.400. The van der Waals surface area contributed by atoms with Crippen molar-refractivity contribution in [1.82, 2.24) is 10.3 Å². The van der Waals surface area contributed by atoms with Gasteiger partial charge in [0.25, 0.3) is 0 Å². The SMILES string of the molecule is O=C(NCc1ccccn1)C1(c2cccc(F)c2)CCC1. The van der Waals surface area contributed by atoms with E-state index in [1.165, 1.54) is 12.1 Å². The normalized spacial score (nSPS) is 16.0. The molecule has 1 aliphatic rings. The van der Waals surface area contributed by atoms with Gasteiger partial charge in [-0.25, -0.2) is 4.39 Å². The largest absolute Gasteiger partial charge is 0.350 e. The summed E-state index contributed by atoms with van der Waals surface area (Å²) in [5, 5.41) is 2.94. The molecule has 0 unspecified atom stereocenters. The van der Waals surface area contributed by atoms with Gasteiger partial charge in [-0.1, -0.05) is 24.6 Å². The molecule has 0 radical (unpaired) electrons. The standard InChI is InChI=1S/C17H17FN2O/c18-14-6-3-5-13(11-14)17(8-4-9-17)16(21)20-12-15-7-1-2-10-19-15/h1-3,5-7,10-11H,4,8-9,12H2,(H,20,21). The van der Waals surface area contributed by atoms with Crippen LogP contribution in [-0.4, -0.2) is 10.9 Å². The fourth-order valence-electron chi connectivity index (χ4n) is 2.81. The second-order valence-electron chi connectivity index (χ2n) is 5.45. The highest BCUT2D eigenvalue weighted by atomic mass is 19.1. The molecular formula is C17H17FN2O.